The van der Waals surface area contributed by atoms with Gasteiger partial charge < -0.3 is 19.7 Å². The van der Waals surface area contributed by atoms with Crippen LogP contribution < -0.4 is 5.32 Å². The number of carbonyl (C=O) groups excluding carboxylic acids is 2. The van der Waals surface area contributed by atoms with Crippen LogP contribution in [0.15, 0.2) is 48.5 Å². The van der Waals surface area contributed by atoms with Gasteiger partial charge in [0.2, 0.25) is 0 Å². The van der Waals surface area contributed by atoms with Crippen LogP contribution >= 0.6 is 0 Å². The summed E-state index contributed by atoms with van der Waals surface area (Å²) in [4.78, 5) is 48.1. The van der Waals surface area contributed by atoms with Gasteiger partial charge >= 0.3 is 12.2 Å². The second-order valence-corrected chi connectivity index (χ2v) is 14.5. The summed E-state index contributed by atoms with van der Waals surface area (Å²) >= 11 is 0. The maximum atomic E-state index is 12.7. The quantitative estimate of drug-likeness (QED) is 0.208. The highest BCUT2D eigenvalue weighted by molar-refractivity contribution is 5.69. The van der Waals surface area contributed by atoms with E-state index in [0.29, 0.717) is 11.1 Å². The molecule has 6 aliphatic carbocycles. The van der Waals surface area contributed by atoms with E-state index in [2.05, 4.69) is 5.32 Å². The summed E-state index contributed by atoms with van der Waals surface area (Å²) in [6, 6.07) is 13.3. The molecule has 6 aliphatic rings. The summed E-state index contributed by atoms with van der Waals surface area (Å²) < 4.78 is 10.8. The van der Waals surface area contributed by atoms with Crippen molar-refractivity contribution < 1.29 is 28.9 Å². The van der Waals surface area contributed by atoms with Crippen LogP contribution in [0.25, 0.3) is 0 Å². The zero-order chi connectivity index (χ0) is 33.7. The number of hydrogen-bond acceptors (Lipinski definition) is 8. The second-order valence-electron chi connectivity index (χ2n) is 14.5. The normalized spacial score (nSPS) is 26.0. The van der Waals surface area contributed by atoms with Gasteiger partial charge in [-0.3, -0.25) is 20.2 Å². The number of alkyl carbamates (subject to hydrolysis) is 1. The first-order valence-electron chi connectivity index (χ1n) is 17.5. The molecule has 8 rings (SSSR count). The van der Waals surface area contributed by atoms with Gasteiger partial charge in [0.05, 0.1) is 21.0 Å². The van der Waals surface area contributed by atoms with Crippen molar-refractivity contribution in [1.82, 2.24) is 10.2 Å². The van der Waals surface area contributed by atoms with Gasteiger partial charge in [0, 0.05) is 29.8 Å². The lowest BCUT2D eigenvalue weighted by Gasteiger charge is -2.56. The molecule has 0 heterocycles. The zero-order valence-corrected chi connectivity index (χ0v) is 27.4. The minimum absolute atomic E-state index is 0.00131. The van der Waals surface area contributed by atoms with Crippen molar-refractivity contribution in [3.63, 3.8) is 0 Å². The number of para-hydroxylation sites is 2. The molecule has 0 radical (unpaired) electrons. The summed E-state index contributed by atoms with van der Waals surface area (Å²) in [6.45, 7) is -0.124. The molecule has 0 aliphatic heterocycles. The number of amides is 2. The molecule has 258 valence electrons. The topological polar surface area (TPSA) is 154 Å². The first-order valence-corrected chi connectivity index (χ1v) is 17.5. The standard InChI is InChI=1S/C18H22N2O4.C18H24N2O4/c21-17(24-11-15-3-1-2-4-16(15)20(22)23)19-18-8-12-5-13(9-18)7-14(6-12)10-18;21-18(24-13-14-7-1-6-12-17(14)20(22)23)19(15-8-2-3-9-15)16-10-4-5-11-16/h1-4,12-14H,5-11H2,(H,19,21);1,6-7,12,15-16H,2-5,8-11,13H2. The van der Waals surface area contributed by atoms with E-state index in [9.17, 15) is 29.8 Å². The van der Waals surface area contributed by atoms with Crippen LogP contribution in [-0.4, -0.2) is 44.6 Å². The molecule has 48 heavy (non-hydrogen) atoms. The summed E-state index contributed by atoms with van der Waals surface area (Å²) in [6.07, 6.45) is 15.1. The highest BCUT2D eigenvalue weighted by Crippen LogP contribution is 2.55. The Hall–Kier alpha value is -4.22. The Morgan fingerprint density at radius 1 is 0.708 bits per heavy atom. The fourth-order valence-electron chi connectivity index (χ4n) is 9.46. The van der Waals surface area contributed by atoms with Crippen LogP contribution in [0.1, 0.15) is 101 Å². The molecular formula is C36H46N4O8. The molecule has 0 atom stereocenters. The molecule has 2 aromatic carbocycles. The Labute approximate surface area is 280 Å². The minimum Gasteiger partial charge on any atom is -0.444 e. The lowest BCUT2D eigenvalue weighted by atomic mass is 9.53. The Kier molecular flexibility index (Phi) is 10.5. The first kappa shape index (κ1) is 33.7. The van der Waals surface area contributed by atoms with Crippen LogP contribution in [0.3, 0.4) is 0 Å². The van der Waals surface area contributed by atoms with E-state index in [4.69, 9.17) is 9.47 Å². The SMILES string of the molecule is O=C(NC12CC3CC(CC(C3)C1)C2)OCc1ccccc1[N+](=O)[O-].O=C(OCc1ccccc1[N+](=O)[O-])N(C1CCCC1)C1CCCC1. The Bertz CT molecular complexity index is 1430. The van der Waals surface area contributed by atoms with Crippen molar-refractivity contribution in [2.75, 3.05) is 0 Å². The predicted octanol–water partition coefficient (Wildman–Crippen LogP) is 8.21. The van der Waals surface area contributed by atoms with E-state index in [-0.39, 0.29) is 48.3 Å². The van der Waals surface area contributed by atoms with E-state index in [1.807, 2.05) is 4.90 Å². The number of rotatable bonds is 9. The van der Waals surface area contributed by atoms with E-state index in [1.54, 1.807) is 36.4 Å². The summed E-state index contributed by atoms with van der Waals surface area (Å²) in [5.41, 5.74) is 0.740. The molecule has 2 amide bonds. The van der Waals surface area contributed by atoms with E-state index >= 15 is 0 Å². The van der Waals surface area contributed by atoms with Gasteiger partial charge in [0.25, 0.3) is 11.4 Å². The van der Waals surface area contributed by atoms with Gasteiger partial charge in [-0.2, -0.15) is 0 Å². The van der Waals surface area contributed by atoms with Gasteiger partial charge in [0.15, 0.2) is 0 Å². The molecule has 1 N–H and O–H groups in total. The number of nitrogens with one attached hydrogen (secondary N) is 1. The molecule has 0 saturated heterocycles. The van der Waals surface area contributed by atoms with Gasteiger partial charge in [-0.25, -0.2) is 9.59 Å². The number of carbonyl (C=O) groups is 2. The second kappa shape index (κ2) is 14.9. The average molecular weight is 663 g/mol. The molecule has 0 unspecified atom stereocenters. The lowest BCUT2D eigenvalue weighted by molar-refractivity contribution is -0.386. The highest BCUT2D eigenvalue weighted by atomic mass is 16.6. The van der Waals surface area contributed by atoms with Crippen molar-refractivity contribution in [3.05, 3.63) is 79.9 Å². The molecule has 6 fully saturated rings. The van der Waals surface area contributed by atoms with Crippen molar-refractivity contribution >= 4 is 23.6 Å². The summed E-state index contributed by atoms with van der Waals surface area (Å²) in [5, 5.41) is 25.2. The number of nitro groups is 2. The Morgan fingerprint density at radius 2 is 1.12 bits per heavy atom. The summed E-state index contributed by atoms with van der Waals surface area (Å²) in [5.74, 6) is 2.23. The molecule has 0 aromatic heterocycles. The Balaban J connectivity index is 0.000000167. The van der Waals surface area contributed by atoms with Gasteiger partial charge in [-0.1, -0.05) is 49.9 Å². The highest BCUT2D eigenvalue weighted by Gasteiger charge is 2.51. The number of nitrogens with zero attached hydrogens (tertiary/aromatic N) is 3. The molecule has 12 heteroatoms. The molecule has 0 spiro atoms. The fourth-order valence-corrected chi connectivity index (χ4v) is 9.46. The fraction of sp³-hybridized carbons (Fsp3) is 0.611. The van der Waals surface area contributed by atoms with Crippen molar-refractivity contribution in [2.45, 2.75) is 121 Å². The molecule has 4 bridgehead atoms. The summed E-state index contributed by atoms with van der Waals surface area (Å²) in [7, 11) is 0. The third-order valence-corrected chi connectivity index (χ3v) is 11.1. The van der Waals surface area contributed by atoms with Crippen molar-refractivity contribution in [1.29, 1.82) is 0 Å². The average Bonchev–Trinajstić information content (AvgIpc) is 3.79. The largest absolute Gasteiger partial charge is 0.444 e. The third kappa shape index (κ3) is 7.90. The first-order chi connectivity index (χ1) is 23.2. The van der Waals surface area contributed by atoms with Crippen LogP contribution in [0.5, 0.6) is 0 Å². The zero-order valence-electron chi connectivity index (χ0n) is 27.4. The van der Waals surface area contributed by atoms with Gasteiger partial charge in [-0.15, -0.1) is 0 Å². The lowest BCUT2D eigenvalue weighted by Crippen LogP contribution is -2.59. The third-order valence-electron chi connectivity index (χ3n) is 11.1. The monoisotopic (exact) mass is 662 g/mol. The maximum Gasteiger partial charge on any atom is 0.410 e. The van der Waals surface area contributed by atoms with E-state index < -0.39 is 15.9 Å². The van der Waals surface area contributed by atoms with Gasteiger partial charge in [-0.05, 0) is 94.1 Å². The van der Waals surface area contributed by atoms with E-state index in [1.165, 1.54) is 31.4 Å². The molecule has 2 aromatic rings. The van der Waals surface area contributed by atoms with E-state index in [0.717, 1.165) is 88.4 Å². The van der Waals surface area contributed by atoms with Crippen LogP contribution in [-0.2, 0) is 22.7 Å². The van der Waals surface area contributed by atoms with Gasteiger partial charge in [0.1, 0.15) is 13.2 Å². The molecular weight excluding hydrogens is 616 g/mol. The predicted molar refractivity (Wildman–Crippen MR) is 177 cm³/mol. The number of nitro benzene ring substituents is 2. The Morgan fingerprint density at radius 3 is 1.56 bits per heavy atom. The number of ether oxygens (including phenoxy) is 2. The molecule has 12 nitrogen and oxygen atoms in total. The minimum atomic E-state index is -0.449. The van der Waals surface area contributed by atoms with Crippen LogP contribution in [0, 0.1) is 38.0 Å². The van der Waals surface area contributed by atoms with Crippen LogP contribution in [0.2, 0.25) is 0 Å². The smallest absolute Gasteiger partial charge is 0.410 e. The number of benzene rings is 2. The van der Waals surface area contributed by atoms with Crippen molar-refractivity contribution in [2.24, 2.45) is 17.8 Å². The number of hydrogen-bond donors (Lipinski definition) is 1. The molecule has 6 saturated carbocycles. The van der Waals surface area contributed by atoms with Crippen molar-refractivity contribution in [3.8, 4) is 0 Å². The maximum absolute atomic E-state index is 12.7. The van der Waals surface area contributed by atoms with Crippen LogP contribution in [0.4, 0.5) is 21.0 Å².